The van der Waals surface area contributed by atoms with Gasteiger partial charge in [-0.05, 0) is 19.1 Å². The lowest BCUT2D eigenvalue weighted by molar-refractivity contribution is -0.130. The second-order valence-electron chi connectivity index (χ2n) is 3.18. The number of alkyl halides is 1. The van der Waals surface area contributed by atoms with E-state index in [4.69, 9.17) is 0 Å². The van der Waals surface area contributed by atoms with E-state index in [-0.39, 0.29) is 5.91 Å². The van der Waals surface area contributed by atoms with E-state index < -0.39 is 0 Å². The van der Waals surface area contributed by atoms with Crippen LogP contribution in [0.3, 0.4) is 0 Å². The molecule has 1 amide bonds. The third-order valence-corrected chi connectivity index (χ3v) is 3.19. The molecule has 0 aliphatic carbocycles. The number of thioether (sulfide) groups is 1. The maximum atomic E-state index is 11.8. The Balaban J connectivity index is 4.31. The van der Waals surface area contributed by atoms with Crippen molar-refractivity contribution in [1.82, 2.24) is 4.90 Å². The molecule has 0 unspecified atom stereocenters. The SMILES string of the molecule is CCC(CC)N(CCBr)C(=O)CSC. The molecule has 0 fully saturated rings. The van der Waals surface area contributed by atoms with Crippen molar-refractivity contribution >= 4 is 33.6 Å². The molecule has 14 heavy (non-hydrogen) atoms. The van der Waals surface area contributed by atoms with Gasteiger partial charge in [-0.3, -0.25) is 4.79 Å². The van der Waals surface area contributed by atoms with Crippen LogP contribution in [0.4, 0.5) is 0 Å². The zero-order valence-corrected chi connectivity index (χ0v) is 11.7. The Hall–Kier alpha value is 0.300. The average Bonchev–Trinajstić information content (AvgIpc) is 2.18. The molecular formula is C10H20BrNOS. The highest BCUT2D eigenvalue weighted by atomic mass is 79.9. The maximum Gasteiger partial charge on any atom is 0.232 e. The summed E-state index contributed by atoms with van der Waals surface area (Å²) in [4.78, 5) is 13.8. The predicted molar refractivity (Wildman–Crippen MR) is 68.3 cm³/mol. The van der Waals surface area contributed by atoms with E-state index in [1.165, 1.54) is 0 Å². The van der Waals surface area contributed by atoms with Crippen LogP contribution in [0.2, 0.25) is 0 Å². The molecule has 0 spiro atoms. The molecular weight excluding hydrogens is 262 g/mol. The molecule has 0 bridgehead atoms. The summed E-state index contributed by atoms with van der Waals surface area (Å²) in [7, 11) is 0. The molecule has 0 saturated carbocycles. The second-order valence-corrected chi connectivity index (χ2v) is 4.84. The van der Waals surface area contributed by atoms with Gasteiger partial charge in [-0.1, -0.05) is 29.8 Å². The molecule has 4 heteroatoms. The standard InChI is InChI=1S/C10H20BrNOS/c1-4-9(5-2)12(7-6-11)10(13)8-14-3/h9H,4-8H2,1-3H3. The van der Waals surface area contributed by atoms with Crippen molar-refractivity contribution in [2.24, 2.45) is 0 Å². The number of nitrogens with zero attached hydrogens (tertiary/aromatic N) is 1. The topological polar surface area (TPSA) is 20.3 Å². The summed E-state index contributed by atoms with van der Waals surface area (Å²) in [6, 6.07) is 0.409. The van der Waals surface area contributed by atoms with Gasteiger partial charge in [0, 0.05) is 17.9 Å². The first-order valence-corrected chi connectivity index (χ1v) is 7.57. The summed E-state index contributed by atoms with van der Waals surface area (Å²) < 4.78 is 0. The largest absolute Gasteiger partial charge is 0.338 e. The number of hydrogen-bond acceptors (Lipinski definition) is 2. The van der Waals surface area contributed by atoms with Gasteiger partial charge in [0.15, 0.2) is 0 Å². The van der Waals surface area contributed by atoms with Gasteiger partial charge in [0.1, 0.15) is 0 Å². The molecule has 2 nitrogen and oxygen atoms in total. The van der Waals surface area contributed by atoms with Crippen LogP contribution in [0.25, 0.3) is 0 Å². The Bertz CT molecular complexity index is 162. The minimum Gasteiger partial charge on any atom is -0.338 e. The van der Waals surface area contributed by atoms with Gasteiger partial charge in [0.05, 0.1) is 5.75 Å². The molecule has 0 aromatic rings. The summed E-state index contributed by atoms with van der Waals surface area (Å²) in [5, 5.41) is 0.865. The number of hydrogen-bond donors (Lipinski definition) is 0. The van der Waals surface area contributed by atoms with Gasteiger partial charge in [-0.15, -0.1) is 0 Å². The highest BCUT2D eigenvalue weighted by Crippen LogP contribution is 2.11. The molecule has 0 aliphatic heterocycles. The zero-order chi connectivity index (χ0) is 11.0. The van der Waals surface area contributed by atoms with Crippen LogP contribution >= 0.6 is 27.7 Å². The number of carbonyl (C=O) groups is 1. The van der Waals surface area contributed by atoms with Crippen LogP contribution in [0, 0.1) is 0 Å². The normalized spacial score (nSPS) is 10.6. The van der Waals surface area contributed by atoms with E-state index in [0.717, 1.165) is 24.7 Å². The zero-order valence-electron chi connectivity index (χ0n) is 9.25. The lowest BCUT2D eigenvalue weighted by Crippen LogP contribution is -2.42. The van der Waals surface area contributed by atoms with Crippen molar-refractivity contribution in [3.8, 4) is 0 Å². The molecule has 0 N–H and O–H groups in total. The quantitative estimate of drug-likeness (QED) is 0.669. The van der Waals surface area contributed by atoms with E-state index in [9.17, 15) is 4.79 Å². The third kappa shape index (κ3) is 4.69. The molecule has 0 saturated heterocycles. The van der Waals surface area contributed by atoms with Crippen molar-refractivity contribution in [2.75, 3.05) is 23.9 Å². The summed E-state index contributed by atoms with van der Waals surface area (Å²) in [6.45, 7) is 5.11. The third-order valence-electron chi connectivity index (χ3n) is 2.30. The minimum atomic E-state index is 0.269. The Kier molecular flexibility index (Phi) is 8.78. The first-order valence-electron chi connectivity index (χ1n) is 5.05. The highest BCUT2D eigenvalue weighted by Gasteiger charge is 2.19. The van der Waals surface area contributed by atoms with Crippen molar-refractivity contribution in [1.29, 1.82) is 0 Å². The highest BCUT2D eigenvalue weighted by molar-refractivity contribution is 9.09. The van der Waals surface area contributed by atoms with Gasteiger partial charge in [-0.2, -0.15) is 11.8 Å². The van der Waals surface area contributed by atoms with Crippen LogP contribution in [-0.4, -0.2) is 40.7 Å². The summed E-state index contributed by atoms with van der Waals surface area (Å²) in [6.07, 6.45) is 4.06. The summed E-state index contributed by atoms with van der Waals surface area (Å²) in [5.74, 6) is 0.870. The number of rotatable bonds is 7. The van der Waals surface area contributed by atoms with Crippen LogP contribution in [0.5, 0.6) is 0 Å². The van der Waals surface area contributed by atoms with Crippen LogP contribution < -0.4 is 0 Å². The van der Waals surface area contributed by atoms with Crippen molar-refractivity contribution < 1.29 is 4.79 Å². The molecule has 0 atom stereocenters. The van der Waals surface area contributed by atoms with Crippen LogP contribution in [0.1, 0.15) is 26.7 Å². The molecule has 0 aromatic carbocycles. The monoisotopic (exact) mass is 281 g/mol. The van der Waals surface area contributed by atoms with Crippen molar-refractivity contribution in [3.05, 3.63) is 0 Å². The summed E-state index contributed by atoms with van der Waals surface area (Å²) in [5.41, 5.74) is 0. The average molecular weight is 282 g/mol. The lowest BCUT2D eigenvalue weighted by atomic mass is 10.1. The van der Waals surface area contributed by atoms with Crippen molar-refractivity contribution in [2.45, 2.75) is 32.7 Å². The molecule has 0 rings (SSSR count). The molecule has 84 valence electrons. The van der Waals surface area contributed by atoms with Gasteiger partial charge in [0.2, 0.25) is 5.91 Å². The fourth-order valence-corrected chi connectivity index (χ4v) is 2.33. The van der Waals surface area contributed by atoms with Gasteiger partial charge in [-0.25, -0.2) is 0 Å². The smallest absolute Gasteiger partial charge is 0.232 e. The fourth-order valence-electron chi connectivity index (χ4n) is 1.54. The molecule has 0 aliphatic rings. The van der Waals surface area contributed by atoms with E-state index >= 15 is 0 Å². The minimum absolute atomic E-state index is 0.269. The van der Waals surface area contributed by atoms with E-state index in [1.807, 2.05) is 11.2 Å². The second kappa shape index (κ2) is 8.60. The lowest BCUT2D eigenvalue weighted by Gasteiger charge is -2.29. The summed E-state index contributed by atoms with van der Waals surface area (Å²) >= 11 is 4.99. The Labute approximate surface area is 99.9 Å². The molecule has 0 aromatic heterocycles. The van der Waals surface area contributed by atoms with E-state index in [1.54, 1.807) is 11.8 Å². The first-order chi connectivity index (χ1) is 6.71. The number of amides is 1. The van der Waals surface area contributed by atoms with Gasteiger partial charge >= 0.3 is 0 Å². The Morgan fingerprint density at radius 2 is 2.00 bits per heavy atom. The van der Waals surface area contributed by atoms with Crippen molar-refractivity contribution in [3.63, 3.8) is 0 Å². The Morgan fingerprint density at radius 3 is 2.36 bits per heavy atom. The molecule has 0 heterocycles. The maximum absolute atomic E-state index is 11.8. The fraction of sp³-hybridized carbons (Fsp3) is 0.900. The predicted octanol–water partition coefficient (Wildman–Crippen LogP) is 2.76. The van der Waals surface area contributed by atoms with Crippen LogP contribution in [-0.2, 0) is 4.79 Å². The Morgan fingerprint density at radius 1 is 1.43 bits per heavy atom. The van der Waals surface area contributed by atoms with E-state index in [0.29, 0.717) is 11.8 Å². The number of halogens is 1. The van der Waals surface area contributed by atoms with Gasteiger partial charge in [0.25, 0.3) is 0 Å². The number of carbonyl (C=O) groups excluding carboxylic acids is 1. The van der Waals surface area contributed by atoms with Crippen LogP contribution in [0.15, 0.2) is 0 Å². The van der Waals surface area contributed by atoms with E-state index in [2.05, 4.69) is 29.8 Å². The first kappa shape index (κ1) is 14.3. The van der Waals surface area contributed by atoms with Gasteiger partial charge < -0.3 is 4.90 Å². The molecule has 0 radical (unpaired) electrons.